The molecule has 0 saturated carbocycles. The van der Waals surface area contributed by atoms with E-state index in [0.717, 1.165) is 19.3 Å². The van der Waals surface area contributed by atoms with Gasteiger partial charge in [-0.1, -0.05) is 135 Å². The van der Waals surface area contributed by atoms with Crippen molar-refractivity contribution < 1.29 is 0 Å². The van der Waals surface area contributed by atoms with Crippen LogP contribution in [0.5, 0.6) is 0 Å². The van der Waals surface area contributed by atoms with Crippen LogP contribution < -0.4 is 4.90 Å². The number of thiophene rings is 1. The number of anilines is 2. The Kier molecular flexibility index (Phi) is 6.74. The van der Waals surface area contributed by atoms with Gasteiger partial charge in [0.2, 0.25) is 0 Å². The van der Waals surface area contributed by atoms with Crippen LogP contribution in [-0.4, -0.2) is 10.1 Å². The lowest BCUT2D eigenvalue weighted by molar-refractivity contribution is 0.505. The van der Waals surface area contributed by atoms with Gasteiger partial charge < -0.3 is 9.47 Å². The fraction of sp³-hybridized carbons (Fsp3) is 0.176. The molecule has 3 unspecified atom stereocenters. The molecule has 0 N–H and O–H groups in total. The maximum Gasteiger partial charge on any atom is 0.0715 e. The number of hydrogen-bond donors (Lipinski definition) is 0. The van der Waals surface area contributed by atoms with E-state index in [1.807, 2.05) is 11.3 Å². The zero-order valence-corrected chi connectivity index (χ0v) is 31.8. The second kappa shape index (κ2) is 11.4. The second-order valence-corrected chi connectivity index (χ2v) is 17.5. The first kappa shape index (κ1) is 31.8. The Bertz CT molecular complexity index is 2850. The molecule has 0 bridgehead atoms. The summed E-state index contributed by atoms with van der Waals surface area (Å²) in [4.78, 5) is 2.60. The molecule has 0 radical (unpaired) electrons. The van der Waals surface area contributed by atoms with Crippen molar-refractivity contribution in [2.45, 2.75) is 51.0 Å². The third-order valence-electron chi connectivity index (χ3n) is 13.0. The average Bonchev–Trinajstić information content (AvgIpc) is 3.83. The lowest BCUT2D eigenvalue weighted by atomic mass is 9.69. The van der Waals surface area contributed by atoms with E-state index in [-0.39, 0.29) is 16.4 Å². The smallest absolute Gasteiger partial charge is 0.0715 e. The third-order valence-corrected chi connectivity index (χ3v) is 14.2. The molecule has 3 heteroatoms. The molecule has 11 rings (SSSR count). The van der Waals surface area contributed by atoms with E-state index in [1.54, 1.807) is 0 Å². The number of allylic oxidation sites excluding steroid dienone is 7. The molecule has 0 fully saturated rings. The Hall–Kier alpha value is -5.64. The highest BCUT2D eigenvalue weighted by Crippen LogP contribution is 2.57. The van der Waals surface area contributed by atoms with Gasteiger partial charge in [-0.3, -0.25) is 0 Å². The van der Waals surface area contributed by atoms with Crippen molar-refractivity contribution in [3.8, 4) is 5.69 Å². The first-order chi connectivity index (χ1) is 26.3. The number of nitrogens with zero attached hydrogens (tertiary/aromatic N) is 2. The van der Waals surface area contributed by atoms with Crippen molar-refractivity contribution in [2.24, 2.45) is 5.41 Å². The maximum atomic E-state index is 2.60. The molecule has 2 aromatic heterocycles. The quantitative estimate of drug-likeness (QED) is 0.176. The van der Waals surface area contributed by atoms with E-state index >= 15 is 0 Å². The fourth-order valence-electron chi connectivity index (χ4n) is 10.0. The predicted octanol–water partition coefficient (Wildman–Crippen LogP) is 13.7. The minimum atomic E-state index is -0.176. The molecular weight excluding hydrogens is 673 g/mol. The van der Waals surface area contributed by atoms with Crippen LogP contribution in [0.3, 0.4) is 0 Å². The van der Waals surface area contributed by atoms with Gasteiger partial charge in [0.25, 0.3) is 0 Å². The van der Waals surface area contributed by atoms with Crippen LogP contribution in [0.25, 0.3) is 48.4 Å². The normalized spacial score (nSPS) is 24.2. The first-order valence-corrected chi connectivity index (χ1v) is 20.2. The maximum absolute atomic E-state index is 2.60. The highest BCUT2D eigenvalue weighted by atomic mass is 32.1. The molecule has 7 aromatic rings. The van der Waals surface area contributed by atoms with Crippen LogP contribution in [0.4, 0.5) is 11.4 Å². The van der Waals surface area contributed by atoms with Gasteiger partial charge in [-0.2, -0.15) is 0 Å². The van der Waals surface area contributed by atoms with Crippen LogP contribution in [-0.2, 0) is 11.8 Å². The summed E-state index contributed by atoms with van der Waals surface area (Å²) >= 11 is 1.91. The molecule has 0 saturated heterocycles. The third kappa shape index (κ3) is 4.45. The Morgan fingerprint density at radius 3 is 2.26 bits per heavy atom. The molecule has 0 spiro atoms. The van der Waals surface area contributed by atoms with Gasteiger partial charge in [0.15, 0.2) is 0 Å². The summed E-state index contributed by atoms with van der Waals surface area (Å²) in [5, 5.41) is 4.02. The molecule has 3 heterocycles. The van der Waals surface area contributed by atoms with Crippen LogP contribution in [0.1, 0.15) is 56.0 Å². The average molecular weight is 715 g/mol. The Morgan fingerprint density at radius 1 is 0.648 bits per heavy atom. The molecule has 54 heavy (non-hydrogen) atoms. The van der Waals surface area contributed by atoms with Crippen LogP contribution in [0.2, 0.25) is 0 Å². The van der Waals surface area contributed by atoms with Crippen LogP contribution in [0, 0.1) is 5.41 Å². The van der Waals surface area contributed by atoms with Crippen molar-refractivity contribution in [1.82, 2.24) is 4.57 Å². The summed E-state index contributed by atoms with van der Waals surface area (Å²) in [6, 6.07) is 43.1. The molecule has 1 aliphatic heterocycles. The highest BCUT2D eigenvalue weighted by molar-refractivity contribution is 7.26. The molecule has 0 amide bonds. The van der Waals surface area contributed by atoms with Gasteiger partial charge in [0.05, 0.1) is 21.4 Å². The number of hydrogen-bond acceptors (Lipinski definition) is 2. The second-order valence-electron chi connectivity index (χ2n) is 16.4. The highest BCUT2D eigenvalue weighted by Gasteiger charge is 2.47. The minimum Gasteiger partial charge on any atom is -0.331 e. The molecule has 5 aromatic carbocycles. The lowest BCUT2D eigenvalue weighted by Gasteiger charge is -2.42. The van der Waals surface area contributed by atoms with Crippen molar-refractivity contribution in [2.75, 3.05) is 4.90 Å². The van der Waals surface area contributed by atoms with Crippen LogP contribution >= 0.6 is 11.3 Å². The number of aromatic nitrogens is 1. The topological polar surface area (TPSA) is 8.17 Å². The predicted molar refractivity (Wildman–Crippen MR) is 231 cm³/mol. The van der Waals surface area contributed by atoms with E-state index in [0.29, 0.717) is 0 Å². The molecule has 2 nitrogen and oxygen atoms in total. The molecule has 4 aliphatic rings. The summed E-state index contributed by atoms with van der Waals surface area (Å²) in [5.74, 6) is 0. The molecule has 3 atom stereocenters. The Morgan fingerprint density at radius 2 is 1.41 bits per heavy atom. The van der Waals surface area contributed by atoms with Gasteiger partial charge in [-0.15, -0.1) is 11.3 Å². The van der Waals surface area contributed by atoms with Crippen LogP contribution in [0.15, 0.2) is 163 Å². The van der Waals surface area contributed by atoms with Crippen molar-refractivity contribution >= 4 is 65.4 Å². The van der Waals surface area contributed by atoms with Gasteiger partial charge in [-0.25, -0.2) is 0 Å². The standard InChI is InChI=1S/C51H42N2S/c1-49(28-11-4-12-29-49)34-22-24-36(25-23-34)53-45-19-9-6-16-40(45)42-32-35(26-31-51(42,53)3)50(2)30-27-44-41(33-50)37-14-5-8-18-43(37)52(44)46-20-13-17-39-38-15-7-10-21-47(38)54-48(39)46/h4-28,30,32H,29,31,33H2,1-3H3. The Labute approximate surface area is 321 Å². The van der Waals surface area contributed by atoms with Gasteiger partial charge >= 0.3 is 0 Å². The summed E-state index contributed by atoms with van der Waals surface area (Å²) in [6.45, 7) is 7.23. The SMILES string of the molecule is CC1(C2=CCC3(C)C(=C2)c2ccccc2N3c2ccc(C3(C)C=CC=CC3)cc2)C=Cc2c(c3ccccc3n2-c2cccc3c2sc2ccccc23)C1. The number of fused-ring (bicyclic) bond motifs is 9. The van der Waals surface area contributed by atoms with E-state index in [2.05, 4.69) is 194 Å². The summed E-state index contributed by atoms with van der Waals surface area (Å²) < 4.78 is 5.21. The fourth-order valence-corrected chi connectivity index (χ4v) is 11.2. The minimum absolute atomic E-state index is 0.0364. The van der Waals surface area contributed by atoms with E-state index in [1.165, 1.54) is 81.7 Å². The number of benzene rings is 5. The monoisotopic (exact) mass is 714 g/mol. The molecule has 262 valence electrons. The zero-order valence-electron chi connectivity index (χ0n) is 31.0. The van der Waals surface area contributed by atoms with E-state index in [4.69, 9.17) is 0 Å². The lowest BCUT2D eigenvalue weighted by Crippen LogP contribution is -2.41. The zero-order chi connectivity index (χ0) is 36.2. The first-order valence-electron chi connectivity index (χ1n) is 19.3. The van der Waals surface area contributed by atoms with E-state index < -0.39 is 0 Å². The van der Waals surface area contributed by atoms with Gasteiger partial charge in [-0.05, 0) is 90.9 Å². The van der Waals surface area contributed by atoms with Gasteiger partial charge in [0.1, 0.15) is 0 Å². The number of para-hydroxylation sites is 2. The van der Waals surface area contributed by atoms with Gasteiger partial charge in [0, 0.05) is 54.3 Å². The largest absolute Gasteiger partial charge is 0.331 e. The Balaban J connectivity index is 0.986. The van der Waals surface area contributed by atoms with E-state index in [9.17, 15) is 0 Å². The number of rotatable bonds is 4. The summed E-state index contributed by atoms with van der Waals surface area (Å²) in [6.07, 6.45) is 21.9. The van der Waals surface area contributed by atoms with Crippen molar-refractivity contribution in [1.29, 1.82) is 0 Å². The molecular formula is C51H42N2S. The molecule has 3 aliphatic carbocycles. The summed E-state index contributed by atoms with van der Waals surface area (Å²) in [7, 11) is 0. The summed E-state index contributed by atoms with van der Waals surface area (Å²) in [5.41, 5.74) is 13.1. The van der Waals surface area contributed by atoms with Crippen molar-refractivity contribution in [3.63, 3.8) is 0 Å². The van der Waals surface area contributed by atoms with Crippen molar-refractivity contribution in [3.05, 3.63) is 186 Å².